The molecule has 142 valence electrons. The van der Waals surface area contributed by atoms with Crippen LogP contribution in [0, 0.1) is 0 Å². The van der Waals surface area contributed by atoms with Crippen LogP contribution in [0.1, 0.15) is 23.2 Å². The average Bonchev–Trinajstić information content (AvgIpc) is 2.94. The molecule has 2 aromatic carbocycles. The van der Waals surface area contributed by atoms with Crippen molar-refractivity contribution in [3.05, 3.63) is 65.2 Å². The molecule has 1 aliphatic heterocycles. The first-order valence-electron chi connectivity index (χ1n) is 9.14. The number of carbonyl (C=O) groups excluding carboxylic acids is 2. The topological polar surface area (TPSA) is 49.9 Å². The number of ether oxygens (including phenoxy) is 1. The van der Waals surface area contributed by atoms with Crippen LogP contribution in [-0.4, -0.2) is 54.4 Å². The lowest BCUT2D eigenvalue weighted by molar-refractivity contribution is -0.131. The van der Waals surface area contributed by atoms with Gasteiger partial charge in [-0.15, -0.1) is 0 Å². The molecule has 1 aliphatic rings. The van der Waals surface area contributed by atoms with Crippen LogP contribution in [-0.2, 0) is 4.79 Å². The third-order valence-corrected chi connectivity index (χ3v) is 4.77. The molecule has 1 fully saturated rings. The average molecular weight is 387 g/mol. The van der Waals surface area contributed by atoms with Gasteiger partial charge in [-0.1, -0.05) is 35.9 Å². The summed E-state index contributed by atoms with van der Waals surface area (Å²) in [6, 6.07) is 16.4. The van der Waals surface area contributed by atoms with Crippen molar-refractivity contribution in [2.24, 2.45) is 0 Å². The van der Waals surface area contributed by atoms with Gasteiger partial charge in [-0.05, 0) is 36.8 Å². The van der Waals surface area contributed by atoms with Gasteiger partial charge in [-0.3, -0.25) is 9.59 Å². The first-order valence-corrected chi connectivity index (χ1v) is 9.52. The van der Waals surface area contributed by atoms with Gasteiger partial charge in [0.05, 0.1) is 13.0 Å². The Morgan fingerprint density at radius 3 is 2.44 bits per heavy atom. The number of amides is 2. The number of para-hydroxylation sites is 1. The van der Waals surface area contributed by atoms with E-state index in [-0.39, 0.29) is 11.8 Å². The molecule has 0 aromatic heterocycles. The van der Waals surface area contributed by atoms with E-state index in [1.54, 1.807) is 29.2 Å². The van der Waals surface area contributed by atoms with Gasteiger partial charge in [-0.25, -0.2) is 0 Å². The first kappa shape index (κ1) is 19.2. The molecule has 2 amide bonds. The van der Waals surface area contributed by atoms with Crippen molar-refractivity contribution in [2.75, 3.05) is 32.8 Å². The van der Waals surface area contributed by atoms with Crippen molar-refractivity contribution in [3.8, 4) is 5.75 Å². The molecule has 1 heterocycles. The smallest absolute Gasteiger partial charge is 0.253 e. The Hall–Kier alpha value is -2.53. The van der Waals surface area contributed by atoms with Gasteiger partial charge in [-0.2, -0.15) is 0 Å². The lowest BCUT2D eigenvalue weighted by Gasteiger charge is -2.22. The monoisotopic (exact) mass is 386 g/mol. The molecular formula is C21H23ClN2O3. The van der Waals surface area contributed by atoms with E-state index >= 15 is 0 Å². The molecule has 3 rings (SSSR count). The zero-order valence-corrected chi connectivity index (χ0v) is 15.9. The highest BCUT2D eigenvalue weighted by molar-refractivity contribution is 6.30. The van der Waals surface area contributed by atoms with Gasteiger partial charge in [0.1, 0.15) is 5.75 Å². The van der Waals surface area contributed by atoms with Crippen LogP contribution in [0.4, 0.5) is 0 Å². The van der Waals surface area contributed by atoms with Crippen LogP contribution < -0.4 is 4.74 Å². The van der Waals surface area contributed by atoms with E-state index < -0.39 is 0 Å². The fourth-order valence-corrected chi connectivity index (χ4v) is 3.30. The predicted octanol–water partition coefficient (Wildman–Crippen LogP) is 3.48. The SMILES string of the molecule is O=C(CCOc1ccccc1)N1CCCN(C(=O)c2cccc(Cl)c2)CC1. The molecule has 6 heteroatoms. The Morgan fingerprint density at radius 1 is 0.926 bits per heavy atom. The van der Waals surface area contributed by atoms with E-state index in [1.165, 1.54) is 0 Å². The zero-order chi connectivity index (χ0) is 19.1. The van der Waals surface area contributed by atoms with Gasteiger partial charge in [0.15, 0.2) is 0 Å². The molecule has 0 aliphatic carbocycles. The summed E-state index contributed by atoms with van der Waals surface area (Å²) in [6.07, 6.45) is 1.09. The van der Waals surface area contributed by atoms with Gasteiger partial charge < -0.3 is 14.5 Å². The number of hydrogen-bond donors (Lipinski definition) is 0. The molecular weight excluding hydrogens is 364 g/mol. The molecule has 0 atom stereocenters. The van der Waals surface area contributed by atoms with Crippen LogP contribution >= 0.6 is 11.6 Å². The van der Waals surface area contributed by atoms with E-state index in [2.05, 4.69) is 0 Å². The van der Waals surface area contributed by atoms with Crippen molar-refractivity contribution < 1.29 is 14.3 Å². The number of halogens is 1. The number of benzene rings is 2. The lowest BCUT2D eigenvalue weighted by Crippen LogP contribution is -2.37. The molecule has 2 aromatic rings. The molecule has 27 heavy (non-hydrogen) atoms. The Bertz CT molecular complexity index is 782. The molecule has 0 radical (unpaired) electrons. The van der Waals surface area contributed by atoms with Crippen molar-refractivity contribution in [3.63, 3.8) is 0 Å². The Labute approximate surface area is 164 Å². The maximum absolute atomic E-state index is 12.7. The maximum atomic E-state index is 12.7. The minimum atomic E-state index is -0.0424. The predicted molar refractivity (Wildman–Crippen MR) is 105 cm³/mol. The van der Waals surface area contributed by atoms with Crippen LogP contribution in [0.15, 0.2) is 54.6 Å². The number of rotatable bonds is 5. The standard InChI is InChI=1S/C21H23ClN2O3/c22-18-7-4-6-17(16-18)21(26)24-12-5-11-23(13-14-24)20(25)10-15-27-19-8-2-1-3-9-19/h1-4,6-9,16H,5,10-15H2. The van der Waals surface area contributed by atoms with Crippen molar-refractivity contribution in [1.29, 1.82) is 0 Å². The molecule has 1 saturated heterocycles. The second-order valence-electron chi connectivity index (χ2n) is 6.45. The normalized spacial score (nSPS) is 14.6. The van der Waals surface area contributed by atoms with Gasteiger partial charge in [0.25, 0.3) is 5.91 Å². The largest absolute Gasteiger partial charge is 0.493 e. The van der Waals surface area contributed by atoms with E-state index in [9.17, 15) is 9.59 Å². The van der Waals surface area contributed by atoms with Crippen molar-refractivity contribution in [2.45, 2.75) is 12.8 Å². The third-order valence-electron chi connectivity index (χ3n) is 4.54. The summed E-state index contributed by atoms with van der Waals surface area (Å²) in [4.78, 5) is 28.7. The number of hydrogen-bond acceptors (Lipinski definition) is 3. The third kappa shape index (κ3) is 5.47. The summed E-state index contributed by atoms with van der Waals surface area (Å²) < 4.78 is 5.60. The molecule has 0 unspecified atom stereocenters. The van der Waals surface area contributed by atoms with Gasteiger partial charge >= 0.3 is 0 Å². The molecule has 0 saturated carbocycles. The highest BCUT2D eigenvalue weighted by Gasteiger charge is 2.22. The van der Waals surface area contributed by atoms with E-state index in [0.717, 1.165) is 12.2 Å². The van der Waals surface area contributed by atoms with E-state index in [0.29, 0.717) is 49.8 Å². The first-order chi connectivity index (χ1) is 13.1. The van der Waals surface area contributed by atoms with Gasteiger partial charge in [0.2, 0.25) is 5.91 Å². The summed E-state index contributed by atoms with van der Waals surface area (Å²) >= 11 is 5.98. The van der Waals surface area contributed by atoms with Crippen LogP contribution in [0.5, 0.6) is 5.75 Å². The summed E-state index contributed by atoms with van der Waals surface area (Å²) in [6.45, 7) is 2.71. The lowest BCUT2D eigenvalue weighted by atomic mass is 10.2. The summed E-state index contributed by atoms with van der Waals surface area (Å²) in [5.74, 6) is 0.779. The molecule has 0 N–H and O–H groups in total. The summed E-state index contributed by atoms with van der Waals surface area (Å²) in [5, 5.41) is 0.547. The summed E-state index contributed by atoms with van der Waals surface area (Å²) in [5.41, 5.74) is 0.582. The highest BCUT2D eigenvalue weighted by atomic mass is 35.5. The Morgan fingerprint density at radius 2 is 1.67 bits per heavy atom. The second kappa shape index (κ2) is 9.42. The number of carbonyl (C=O) groups is 2. The van der Waals surface area contributed by atoms with E-state index in [1.807, 2.05) is 35.2 Å². The van der Waals surface area contributed by atoms with Crippen LogP contribution in [0.3, 0.4) is 0 Å². The van der Waals surface area contributed by atoms with Crippen LogP contribution in [0.25, 0.3) is 0 Å². The Kier molecular flexibility index (Phi) is 6.71. The summed E-state index contributed by atoms with van der Waals surface area (Å²) in [7, 11) is 0. The zero-order valence-electron chi connectivity index (χ0n) is 15.1. The van der Waals surface area contributed by atoms with Crippen molar-refractivity contribution in [1.82, 2.24) is 9.80 Å². The van der Waals surface area contributed by atoms with Gasteiger partial charge in [0, 0.05) is 36.8 Å². The Balaban J connectivity index is 1.48. The fourth-order valence-electron chi connectivity index (χ4n) is 3.11. The molecule has 0 spiro atoms. The maximum Gasteiger partial charge on any atom is 0.253 e. The fraction of sp³-hybridized carbons (Fsp3) is 0.333. The van der Waals surface area contributed by atoms with Crippen LogP contribution in [0.2, 0.25) is 5.02 Å². The minimum absolute atomic E-state index is 0.0424. The highest BCUT2D eigenvalue weighted by Crippen LogP contribution is 2.15. The number of nitrogens with zero attached hydrogens (tertiary/aromatic N) is 2. The molecule has 0 bridgehead atoms. The second-order valence-corrected chi connectivity index (χ2v) is 6.88. The minimum Gasteiger partial charge on any atom is -0.493 e. The van der Waals surface area contributed by atoms with E-state index in [4.69, 9.17) is 16.3 Å². The quantitative estimate of drug-likeness (QED) is 0.790. The van der Waals surface area contributed by atoms with Crippen molar-refractivity contribution >= 4 is 23.4 Å². The molecule has 5 nitrogen and oxygen atoms in total.